The maximum atomic E-state index is 12.1. The number of sulfonamides is 1. The molecule has 112 valence electrons. The maximum Gasteiger partial charge on any atom is 0.240 e. The average molecular weight is 387 g/mol. The number of hydrogen-bond acceptors (Lipinski definition) is 4. The van der Waals surface area contributed by atoms with Crippen molar-refractivity contribution >= 4 is 43.4 Å². The molecule has 0 heterocycles. The van der Waals surface area contributed by atoms with E-state index in [2.05, 4.69) is 20.7 Å². The van der Waals surface area contributed by atoms with E-state index in [0.717, 1.165) is 4.90 Å². The van der Waals surface area contributed by atoms with Gasteiger partial charge in [-0.3, -0.25) is 0 Å². The van der Waals surface area contributed by atoms with Crippen LogP contribution in [0.5, 0.6) is 0 Å². The second-order valence-electron chi connectivity index (χ2n) is 4.24. The SMILES string of the molecule is Nc1cc(S(=O)(=O)NCCSc2ccccc2)ccc1Br. The Morgan fingerprint density at radius 2 is 1.86 bits per heavy atom. The molecule has 2 aromatic rings. The third kappa shape index (κ3) is 4.74. The van der Waals surface area contributed by atoms with Crippen molar-refractivity contribution in [2.24, 2.45) is 0 Å². The summed E-state index contributed by atoms with van der Waals surface area (Å²) in [6.45, 7) is 0.359. The van der Waals surface area contributed by atoms with Crippen LogP contribution < -0.4 is 10.5 Å². The first-order valence-electron chi connectivity index (χ1n) is 6.21. The van der Waals surface area contributed by atoms with Crippen LogP contribution in [0.2, 0.25) is 0 Å². The van der Waals surface area contributed by atoms with E-state index < -0.39 is 10.0 Å². The topological polar surface area (TPSA) is 72.2 Å². The fourth-order valence-corrected chi connectivity index (χ4v) is 3.87. The highest BCUT2D eigenvalue weighted by molar-refractivity contribution is 9.10. The second-order valence-corrected chi connectivity index (χ2v) is 8.03. The van der Waals surface area contributed by atoms with Gasteiger partial charge in [-0.1, -0.05) is 18.2 Å². The number of rotatable bonds is 6. The highest BCUT2D eigenvalue weighted by atomic mass is 79.9. The van der Waals surface area contributed by atoms with Gasteiger partial charge < -0.3 is 5.73 Å². The Morgan fingerprint density at radius 1 is 1.14 bits per heavy atom. The second kappa shape index (κ2) is 7.31. The lowest BCUT2D eigenvalue weighted by Gasteiger charge is -2.08. The summed E-state index contributed by atoms with van der Waals surface area (Å²) in [6, 6.07) is 14.4. The smallest absolute Gasteiger partial charge is 0.240 e. The van der Waals surface area contributed by atoms with Crippen LogP contribution in [-0.2, 0) is 10.0 Å². The molecule has 2 rings (SSSR count). The summed E-state index contributed by atoms with van der Waals surface area (Å²) < 4.78 is 27.5. The summed E-state index contributed by atoms with van der Waals surface area (Å²) in [5, 5.41) is 0. The molecule has 0 amide bonds. The van der Waals surface area contributed by atoms with Crippen molar-refractivity contribution in [2.45, 2.75) is 9.79 Å². The van der Waals surface area contributed by atoms with Gasteiger partial charge in [0, 0.05) is 27.4 Å². The number of thioether (sulfide) groups is 1. The molecule has 7 heteroatoms. The van der Waals surface area contributed by atoms with E-state index >= 15 is 0 Å². The van der Waals surface area contributed by atoms with Crippen LogP contribution in [-0.4, -0.2) is 20.7 Å². The van der Waals surface area contributed by atoms with Crippen LogP contribution in [0.1, 0.15) is 0 Å². The van der Waals surface area contributed by atoms with E-state index in [-0.39, 0.29) is 4.90 Å². The van der Waals surface area contributed by atoms with Gasteiger partial charge in [-0.05, 0) is 46.3 Å². The number of anilines is 1. The molecule has 0 spiro atoms. The normalized spacial score (nSPS) is 11.5. The van der Waals surface area contributed by atoms with Crippen LogP contribution in [0, 0.1) is 0 Å². The Hall–Kier alpha value is -1.02. The molecule has 0 saturated carbocycles. The van der Waals surface area contributed by atoms with Gasteiger partial charge in [0.25, 0.3) is 0 Å². The standard InChI is InChI=1S/C14H15BrN2O2S2/c15-13-7-6-12(10-14(13)16)21(18,19)17-8-9-20-11-4-2-1-3-5-11/h1-7,10,17H,8-9,16H2. The number of nitrogens with one attached hydrogen (secondary N) is 1. The lowest BCUT2D eigenvalue weighted by atomic mass is 10.3. The monoisotopic (exact) mass is 386 g/mol. The van der Waals surface area contributed by atoms with Crippen molar-refractivity contribution in [3.8, 4) is 0 Å². The van der Waals surface area contributed by atoms with Crippen molar-refractivity contribution in [1.29, 1.82) is 0 Å². The van der Waals surface area contributed by atoms with Crippen LogP contribution in [0.15, 0.2) is 62.8 Å². The summed E-state index contributed by atoms with van der Waals surface area (Å²) in [6.07, 6.45) is 0. The molecule has 0 unspecified atom stereocenters. The molecular weight excluding hydrogens is 372 g/mol. The highest BCUT2D eigenvalue weighted by Crippen LogP contribution is 2.22. The van der Waals surface area contributed by atoms with Crippen LogP contribution in [0.3, 0.4) is 0 Å². The number of benzene rings is 2. The fourth-order valence-electron chi connectivity index (χ4n) is 1.63. The van der Waals surface area contributed by atoms with Crippen molar-refractivity contribution in [2.75, 3.05) is 18.0 Å². The highest BCUT2D eigenvalue weighted by Gasteiger charge is 2.14. The molecule has 0 atom stereocenters. The van der Waals surface area contributed by atoms with Gasteiger partial charge in [0.15, 0.2) is 0 Å². The average Bonchev–Trinajstić information content (AvgIpc) is 2.47. The van der Waals surface area contributed by atoms with Gasteiger partial charge >= 0.3 is 0 Å². The third-order valence-electron chi connectivity index (χ3n) is 2.68. The zero-order valence-corrected chi connectivity index (χ0v) is 14.3. The van der Waals surface area contributed by atoms with Gasteiger partial charge in [0.1, 0.15) is 0 Å². The third-order valence-corrected chi connectivity index (χ3v) is 5.88. The summed E-state index contributed by atoms with van der Waals surface area (Å²) in [5.74, 6) is 0.662. The molecule has 21 heavy (non-hydrogen) atoms. The molecule has 0 aliphatic rings. The number of hydrogen-bond donors (Lipinski definition) is 2. The molecule has 4 nitrogen and oxygen atoms in total. The molecular formula is C14H15BrN2O2S2. The zero-order chi connectivity index (χ0) is 15.3. The molecule has 0 fully saturated rings. The first-order valence-corrected chi connectivity index (χ1v) is 9.48. The molecule has 2 aromatic carbocycles. The minimum atomic E-state index is -3.52. The summed E-state index contributed by atoms with van der Waals surface area (Å²) in [5.41, 5.74) is 6.10. The van der Waals surface area contributed by atoms with Gasteiger partial charge in [0.2, 0.25) is 10.0 Å². The van der Waals surface area contributed by atoms with Gasteiger partial charge in [-0.15, -0.1) is 11.8 Å². The summed E-state index contributed by atoms with van der Waals surface area (Å²) >= 11 is 4.85. The minimum absolute atomic E-state index is 0.174. The summed E-state index contributed by atoms with van der Waals surface area (Å²) in [7, 11) is -3.52. The van der Waals surface area contributed by atoms with Crippen LogP contribution in [0.4, 0.5) is 5.69 Å². The van der Waals surface area contributed by atoms with E-state index in [1.807, 2.05) is 30.3 Å². The molecule has 0 bridgehead atoms. The molecule has 0 saturated heterocycles. The van der Waals surface area contributed by atoms with Crippen LogP contribution >= 0.6 is 27.7 Å². The predicted molar refractivity (Wildman–Crippen MR) is 90.9 cm³/mol. The molecule has 0 aliphatic carbocycles. The Labute approximate surface area is 137 Å². The van der Waals surface area contributed by atoms with Gasteiger partial charge in [-0.2, -0.15) is 0 Å². The van der Waals surface area contributed by atoms with Gasteiger partial charge in [0.05, 0.1) is 4.90 Å². The van der Waals surface area contributed by atoms with Crippen molar-refractivity contribution in [3.63, 3.8) is 0 Å². The first kappa shape index (κ1) is 16.4. The Bertz CT molecular complexity index is 706. The minimum Gasteiger partial charge on any atom is -0.398 e. The predicted octanol–water partition coefficient (Wildman–Crippen LogP) is 3.10. The zero-order valence-electron chi connectivity index (χ0n) is 11.1. The Balaban J connectivity index is 1.91. The molecule has 0 aromatic heterocycles. The Morgan fingerprint density at radius 3 is 2.52 bits per heavy atom. The lowest BCUT2D eigenvalue weighted by molar-refractivity contribution is 0.584. The fraction of sp³-hybridized carbons (Fsp3) is 0.143. The van der Waals surface area contributed by atoms with E-state index in [0.29, 0.717) is 22.5 Å². The quantitative estimate of drug-likeness (QED) is 0.454. The molecule has 0 radical (unpaired) electrons. The van der Waals surface area contributed by atoms with Crippen LogP contribution in [0.25, 0.3) is 0 Å². The number of nitrogens with two attached hydrogens (primary N) is 1. The molecule has 0 aliphatic heterocycles. The largest absolute Gasteiger partial charge is 0.398 e. The molecule has 3 N–H and O–H groups in total. The van der Waals surface area contributed by atoms with E-state index in [9.17, 15) is 8.42 Å². The van der Waals surface area contributed by atoms with E-state index in [1.165, 1.54) is 12.1 Å². The Kier molecular flexibility index (Phi) is 5.69. The van der Waals surface area contributed by atoms with Crippen molar-refractivity contribution in [1.82, 2.24) is 4.72 Å². The number of halogens is 1. The lowest BCUT2D eigenvalue weighted by Crippen LogP contribution is -2.26. The van der Waals surface area contributed by atoms with Crippen molar-refractivity contribution in [3.05, 3.63) is 53.0 Å². The van der Waals surface area contributed by atoms with Gasteiger partial charge in [-0.25, -0.2) is 13.1 Å². The first-order chi connectivity index (χ1) is 9.99. The summed E-state index contributed by atoms with van der Waals surface area (Å²) in [4.78, 5) is 1.29. The van der Waals surface area contributed by atoms with Crippen molar-refractivity contribution < 1.29 is 8.42 Å². The van der Waals surface area contributed by atoms with E-state index in [1.54, 1.807) is 17.8 Å². The number of nitrogen functional groups attached to an aromatic ring is 1. The maximum absolute atomic E-state index is 12.1. The van der Waals surface area contributed by atoms with E-state index in [4.69, 9.17) is 5.73 Å².